The van der Waals surface area contributed by atoms with Gasteiger partial charge in [-0.2, -0.15) is 0 Å². The summed E-state index contributed by atoms with van der Waals surface area (Å²) in [7, 11) is 1.67. The van der Waals surface area contributed by atoms with Gasteiger partial charge < -0.3 is 10.2 Å². The first-order valence-corrected chi connectivity index (χ1v) is 8.37. The summed E-state index contributed by atoms with van der Waals surface area (Å²) in [6.07, 6.45) is 0. The van der Waals surface area contributed by atoms with Crippen LogP contribution in [-0.4, -0.2) is 28.7 Å². The molecule has 0 spiro atoms. The van der Waals surface area contributed by atoms with E-state index in [9.17, 15) is 14.0 Å². The summed E-state index contributed by atoms with van der Waals surface area (Å²) in [6, 6.07) is 20.0. The highest BCUT2D eigenvalue weighted by Crippen LogP contribution is 2.14. The van der Waals surface area contributed by atoms with Crippen molar-refractivity contribution in [3.63, 3.8) is 0 Å². The summed E-state index contributed by atoms with van der Waals surface area (Å²) in [5.41, 5.74) is 1.23. The molecule has 0 aliphatic rings. The van der Waals surface area contributed by atoms with Gasteiger partial charge in [0.25, 0.3) is 11.8 Å². The molecule has 0 saturated heterocycles. The van der Waals surface area contributed by atoms with Crippen LogP contribution in [0.15, 0.2) is 72.8 Å². The smallest absolute Gasteiger partial charge is 0.274 e. The quantitative estimate of drug-likeness (QED) is 0.751. The maximum Gasteiger partial charge on any atom is 0.274 e. The molecule has 27 heavy (non-hydrogen) atoms. The maximum absolute atomic E-state index is 13.7. The van der Waals surface area contributed by atoms with Gasteiger partial charge in [0.2, 0.25) is 0 Å². The Hall–Kier alpha value is -3.54. The standard InChI is InChI=1S/C21H18FN3O2/c1-25(14-15-8-3-2-4-9-15)21(27)19-13-7-12-18(23-19)20(26)24-17-11-6-5-10-16(17)22/h2-13H,14H2,1H3,(H,24,26). The number of pyridine rings is 1. The fourth-order valence-electron chi connectivity index (χ4n) is 2.55. The molecule has 2 amide bonds. The van der Waals surface area contributed by atoms with E-state index in [2.05, 4.69) is 10.3 Å². The van der Waals surface area contributed by atoms with Gasteiger partial charge in [0.05, 0.1) is 5.69 Å². The lowest BCUT2D eigenvalue weighted by Gasteiger charge is -2.17. The van der Waals surface area contributed by atoms with Gasteiger partial charge in [-0.15, -0.1) is 0 Å². The second kappa shape index (κ2) is 8.23. The lowest BCUT2D eigenvalue weighted by atomic mass is 10.2. The number of carbonyl (C=O) groups excluding carboxylic acids is 2. The SMILES string of the molecule is CN(Cc1ccccc1)C(=O)c1cccc(C(=O)Nc2ccccc2F)n1. The van der Waals surface area contributed by atoms with Crippen LogP contribution >= 0.6 is 0 Å². The summed E-state index contributed by atoms with van der Waals surface area (Å²) in [5.74, 6) is -1.43. The average Bonchev–Trinajstić information content (AvgIpc) is 2.70. The van der Waals surface area contributed by atoms with Crippen molar-refractivity contribution >= 4 is 17.5 Å². The third-order valence-electron chi connectivity index (χ3n) is 3.93. The molecule has 0 aliphatic carbocycles. The van der Waals surface area contributed by atoms with Crippen molar-refractivity contribution in [2.24, 2.45) is 0 Å². The summed E-state index contributed by atoms with van der Waals surface area (Å²) in [5, 5.41) is 2.46. The molecule has 0 saturated carbocycles. The first-order chi connectivity index (χ1) is 13.0. The van der Waals surface area contributed by atoms with E-state index in [1.807, 2.05) is 30.3 Å². The fraction of sp³-hybridized carbons (Fsp3) is 0.0952. The van der Waals surface area contributed by atoms with Gasteiger partial charge in [-0.05, 0) is 29.8 Å². The molecule has 1 aromatic heterocycles. The Bertz CT molecular complexity index is 960. The Balaban J connectivity index is 1.73. The largest absolute Gasteiger partial charge is 0.336 e. The molecule has 3 rings (SSSR count). The number of anilines is 1. The number of benzene rings is 2. The minimum Gasteiger partial charge on any atom is -0.336 e. The number of hydrogen-bond acceptors (Lipinski definition) is 3. The van der Waals surface area contributed by atoms with Crippen LogP contribution in [0.2, 0.25) is 0 Å². The third kappa shape index (κ3) is 4.55. The molecule has 0 aliphatic heterocycles. The molecule has 0 fully saturated rings. The second-order valence-corrected chi connectivity index (χ2v) is 5.99. The number of aromatic nitrogens is 1. The predicted octanol–water partition coefficient (Wildman–Crippen LogP) is 3.75. The van der Waals surface area contributed by atoms with Crippen LogP contribution in [0.4, 0.5) is 10.1 Å². The first-order valence-electron chi connectivity index (χ1n) is 8.37. The van der Waals surface area contributed by atoms with Crippen LogP contribution in [0, 0.1) is 5.82 Å². The van der Waals surface area contributed by atoms with Gasteiger partial charge in [-0.3, -0.25) is 9.59 Å². The number of amides is 2. The molecule has 2 aromatic carbocycles. The molecular formula is C21H18FN3O2. The van der Waals surface area contributed by atoms with Crippen LogP contribution in [0.25, 0.3) is 0 Å². The lowest BCUT2D eigenvalue weighted by Crippen LogP contribution is -2.27. The van der Waals surface area contributed by atoms with Crippen molar-refractivity contribution in [2.45, 2.75) is 6.54 Å². The van der Waals surface area contributed by atoms with Crippen LogP contribution in [-0.2, 0) is 6.54 Å². The summed E-state index contributed by atoms with van der Waals surface area (Å²) < 4.78 is 13.7. The molecule has 0 bridgehead atoms. The Morgan fingerprint density at radius 2 is 1.59 bits per heavy atom. The van der Waals surface area contributed by atoms with Gasteiger partial charge in [-0.1, -0.05) is 48.5 Å². The van der Waals surface area contributed by atoms with E-state index >= 15 is 0 Å². The molecular weight excluding hydrogens is 345 g/mol. The molecule has 6 heteroatoms. The number of nitrogens with zero attached hydrogens (tertiary/aromatic N) is 2. The van der Waals surface area contributed by atoms with E-state index in [0.29, 0.717) is 6.54 Å². The molecule has 0 atom stereocenters. The van der Waals surface area contributed by atoms with E-state index in [0.717, 1.165) is 5.56 Å². The molecule has 5 nitrogen and oxygen atoms in total. The Kier molecular flexibility index (Phi) is 5.56. The van der Waals surface area contributed by atoms with Crippen molar-refractivity contribution in [3.05, 3.63) is 95.6 Å². The Morgan fingerprint density at radius 3 is 2.33 bits per heavy atom. The van der Waals surface area contributed by atoms with E-state index in [1.165, 1.54) is 29.2 Å². The molecule has 1 N–H and O–H groups in total. The molecule has 136 valence electrons. The van der Waals surface area contributed by atoms with Crippen LogP contribution in [0.5, 0.6) is 0 Å². The van der Waals surface area contributed by atoms with Crippen molar-refractivity contribution in [1.82, 2.24) is 9.88 Å². The lowest BCUT2D eigenvalue weighted by molar-refractivity contribution is 0.0779. The zero-order valence-corrected chi connectivity index (χ0v) is 14.7. The normalized spacial score (nSPS) is 10.3. The zero-order chi connectivity index (χ0) is 19.2. The molecule has 0 radical (unpaired) electrons. The van der Waals surface area contributed by atoms with Gasteiger partial charge in [0.1, 0.15) is 17.2 Å². The van der Waals surface area contributed by atoms with Crippen molar-refractivity contribution in [2.75, 3.05) is 12.4 Å². The third-order valence-corrected chi connectivity index (χ3v) is 3.93. The Morgan fingerprint density at radius 1 is 0.926 bits per heavy atom. The molecule has 3 aromatic rings. The summed E-state index contributed by atoms with van der Waals surface area (Å²) in [4.78, 5) is 30.6. The minimum atomic E-state index is -0.583. The maximum atomic E-state index is 13.7. The van der Waals surface area contributed by atoms with Gasteiger partial charge in [0.15, 0.2) is 0 Å². The van der Waals surface area contributed by atoms with E-state index in [4.69, 9.17) is 0 Å². The highest BCUT2D eigenvalue weighted by molar-refractivity contribution is 6.03. The van der Waals surface area contributed by atoms with Gasteiger partial charge in [0, 0.05) is 13.6 Å². The number of halogens is 1. The summed E-state index contributed by atoms with van der Waals surface area (Å²) in [6.45, 7) is 0.424. The van der Waals surface area contributed by atoms with Gasteiger partial charge >= 0.3 is 0 Å². The second-order valence-electron chi connectivity index (χ2n) is 5.99. The topological polar surface area (TPSA) is 62.3 Å². The molecule has 1 heterocycles. The monoisotopic (exact) mass is 363 g/mol. The first kappa shape index (κ1) is 18.3. The highest BCUT2D eigenvalue weighted by Gasteiger charge is 2.17. The number of para-hydroxylation sites is 1. The number of rotatable bonds is 5. The number of nitrogens with one attached hydrogen (secondary N) is 1. The van der Waals surface area contributed by atoms with Crippen molar-refractivity contribution in [3.8, 4) is 0 Å². The van der Waals surface area contributed by atoms with E-state index in [1.54, 1.807) is 25.2 Å². The predicted molar refractivity (Wildman–Crippen MR) is 101 cm³/mol. The summed E-state index contributed by atoms with van der Waals surface area (Å²) >= 11 is 0. The van der Waals surface area contributed by atoms with Crippen molar-refractivity contribution in [1.29, 1.82) is 0 Å². The van der Waals surface area contributed by atoms with Gasteiger partial charge in [-0.25, -0.2) is 9.37 Å². The number of hydrogen-bond donors (Lipinski definition) is 1. The van der Waals surface area contributed by atoms with E-state index in [-0.39, 0.29) is 23.0 Å². The fourth-order valence-corrected chi connectivity index (χ4v) is 2.55. The average molecular weight is 363 g/mol. The molecule has 0 unspecified atom stereocenters. The Labute approximate surface area is 156 Å². The van der Waals surface area contributed by atoms with Crippen molar-refractivity contribution < 1.29 is 14.0 Å². The van der Waals surface area contributed by atoms with Crippen LogP contribution in [0.1, 0.15) is 26.5 Å². The minimum absolute atomic E-state index is 0.0391. The van der Waals surface area contributed by atoms with Crippen LogP contribution in [0.3, 0.4) is 0 Å². The van der Waals surface area contributed by atoms with E-state index < -0.39 is 11.7 Å². The highest BCUT2D eigenvalue weighted by atomic mass is 19.1. The number of carbonyl (C=O) groups is 2. The zero-order valence-electron chi connectivity index (χ0n) is 14.7. The van der Waals surface area contributed by atoms with Crippen LogP contribution < -0.4 is 5.32 Å².